The largest absolute Gasteiger partial charge is 0.490 e. The van der Waals surface area contributed by atoms with Crippen molar-refractivity contribution in [3.05, 3.63) is 18.3 Å². The molecule has 3 atom stereocenters. The monoisotopic (exact) mass is 247 g/mol. The van der Waals surface area contributed by atoms with Crippen molar-refractivity contribution in [3.8, 4) is 5.75 Å². The number of anilines is 1. The van der Waals surface area contributed by atoms with Gasteiger partial charge in [0.15, 0.2) is 11.6 Å². The van der Waals surface area contributed by atoms with E-state index in [1.807, 2.05) is 25.3 Å². The number of pyridine rings is 1. The van der Waals surface area contributed by atoms with Crippen LogP contribution in [0.3, 0.4) is 0 Å². The maximum absolute atomic E-state index is 5.70. The van der Waals surface area contributed by atoms with Gasteiger partial charge >= 0.3 is 0 Å². The molecule has 18 heavy (non-hydrogen) atoms. The maximum atomic E-state index is 5.70. The van der Waals surface area contributed by atoms with Crippen LogP contribution in [0, 0.1) is 11.8 Å². The van der Waals surface area contributed by atoms with Gasteiger partial charge in [0, 0.05) is 31.9 Å². The van der Waals surface area contributed by atoms with Gasteiger partial charge in [0.25, 0.3) is 0 Å². The van der Waals surface area contributed by atoms with E-state index in [9.17, 15) is 0 Å². The molecule has 0 bridgehead atoms. The molecule has 0 saturated carbocycles. The maximum Gasteiger partial charge on any atom is 0.171 e. The lowest BCUT2D eigenvalue weighted by molar-refractivity contribution is 0.338. The van der Waals surface area contributed by atoms with E-state index in [1.165, 1.54) is 0 Å². The molecular weight excluding hydrogens is 226 g/mol. The predicted octanol–water partition coefficient (Wildman–Crippen LogP) is 1.52. The molecule has 4 heteroatoms. The summed E-state index contributed by atoms with van der Waals surface area (Å²) in [6.07, 6.45) is 1.86. The average molecular weight is 247 g/mol. The predicted molar refractivity (Wildman–Crippen MR) is 72.1 cm³/mol. The Kier molecular flexibility index (Phi) is 3.12. The normalized spacial score (nSPS) is 30.6. The Bertz CT molecular complexity index is 423. The summed E-state index contributed by atoms with van der Waals surface area (Å²) in [5.41, 5.74) is 0. The van der Waals surface area contributed by atoms with Crippen LogP contribution in [0.15, 0.2) is 18.3 Å². The number of nitrogens with zero attached hydrogens (tertiary/aromatic N) is 2. The third-order valence-electron chi connectivity index (χ3n) is 4.26. The first-order valence-corrected chi connectivity index (χ1v) is 6.86. The van der Waals surface area contributed by atoms with E-state index in [0.717, 1.165) is 43.0 Å². The van der Waals surface area contributed by atoms with Crippen LogP contribution < -0.4 is 15.0 Å². The fourth-order valence-electron chi connectivity index (χ4n) is 3.31. The Morgan fingerprint density at radius 2 is 2.39 bits per heavy atom. The summed E-state index contributed by atoms with van der Waals surface area (Å²) in [6, 6.07) is 4.50. The van der Waals surface area contributed by atoms with Gasteiger partial charge in [0.05, 0.1) is 6.61 Å². The first-order chi connectivity index (χ1) is 8.81. The second-order valence-corrected chi connectivity index (χ2v) is 5.23. The summed E-state index contributed by atoms with van der Waals surface area (Å²) in [6.45, 7) is 8.39. The van der Waals surface area contributed by atoms with Gasteiger partial charge in [-0.15, -0.1) is 0 Å². The van der Waals surface area contributed by atoms with E-state index in [4.69, 9.17) is 4.74 Å². The molecule has 1 N–H and O–H groups in total. The summed E-state index contributed by atoms with van der Waals surface area (Å²) in [4.78, 5) is 6.96. The molecular formula is C14H21N3O. The highest BCUT2D eigenvalue weighted by molar-refractivity contribution is 5.54. The molecule has 1 aromatic heterocycles. The second kappa shape index (κ2) is 4.76. The lowest BCUT2D eigenvalue weighted by Gasteiger charge is -2.27. The summed E-state index contributed by atoms with van der Waals surface area (Å²) < 4.78 is 5.70. The number of fused-ring (bicyclic) bond motifs is 1. The Morgan fingerprint density at radius 3 is 3.17 bits per heavy atom. The molecule has 3 unspecified atom stereocenters. The number of hydrogen-bond donors (Lipinski definition) is 1. The van der Waals surface area contributed by atoms with Gasteiger partial charge < -0.3 is 15.0 Å². The molecule has 0 radical (unpaired) electrons. The zero-order chi connectivity index (χ0) is 12.5. The highest BCUT2D eigenvalue weighted by Gasteiger charge is 2.42. The van der Waals surface area contributed by atoms with Gasteiger partial charge in [-0.1, -0.05) is 0 Å². The van der Waals surface area contributed by atoms with Crippen molar-refractivity contribution in [1.82, 2.24) is 10.3 Å². The SMILES string of the molecule is CCOc1cccnc1N1CC2CNCC2C1C. The molecule has 0 spiro atoms. The van der Waals surface area contributed by atoms with Gasteiger partial charge in [-0.25, -0.2) is 4.98 Å². The van der Waals surface area contributed by atoms with E-state index in [0.29, 0.717) is 12.6 Å². The molecule has 2 saturated heterocycles. The third-order valence-corrected chi connectivity index (χ3v) is 4.26. The van der Waals surface area contributed by atoms with E-state index in [2.05, 4.69) is 22.1 Å². The van der Waals surface area contributed by atoms with Crippen molar-refractivity contribution in [2.45, 2.75) is 19.9 Å². The zero-order valence-corrected chi connectivity index (χ0v) is 11.1. The minimum absolute atomic E-state index is 0.541. The molecule has 0 aliphatic carbocycles. The fourth-order valence-corrected chi connectivity index (χ4v) is 3.31. The van der Waals surface area contributed by atoms with Crippen LogP contribution in [-0.4, -0.2) is 37.3 Å². The van der Waals surface area contributed by atoms with Crippen LogP contribution in [0.1, 0.15) is 13.8 Å². The molecule has 0 amide bonds. The molecule has 98 valence electrons. The van der Waals surface area contributed by atoms with Crippen molar-refractivity contribution in [2.24, 2.45) is 11.8 Å². The minimum Gasteiger partial charge on any atom is -0.490 e. The Labute approximate surface area is 108 Å². The van der Waals surface area contributed by atoms with E-state index < -0.39 is 0 Å². The van der Waals surface area contributed by atoms with Crippen molar-refractivity contribution in [2.75, 3.05) is 31.1 Å². The minimum atomic E-state index is 0.541. The summed E-state index contributed by atoms with van der Waals surface area (Å²) >= 11 is 0. The molecule has 2 fully saturated rings. The topological polar surface area (TPSA) is 37.4 Å². The lowest BCUT2D eigenvalue weighted by atomic mass is 9.95. The summed E-state index contributed by atoms with van der Waals surface area (Å²) in [7, 11) is 0. The molecule has 2 aliphatic rings. The standard InChI is InChI=1S/C14H21N3O/c1-3-18-13-5-4-6-16-14(13)17-9-11-7-15-8-12(11)10(17)2/h4-6,10-12,15H,3,7-9H2,1-2H3. The molecule has 0 aromatic carbocycles. The number of rotatable bonds is 3. The highest BCUT2D eigenvalue weighted by atomic mass is 16.5. The van der Waals surface area contributed by atoms with Crippen molar-refractivity contribution in [1.29, 1.82) is 0 Å². The highest BCUT2D eigenvalue weighted by Crippen LogP contribution is 2.38. The van der Waals surface area contributed by atoms with Crippen LogP contribution in [0.5, 0.6) is 5.75 Å². The number of aromatic nitrogens is 1. The van der Waals surface area contributed by atoms with Crippen molar-refractivity contribution < 1.29 is 4.74 Å². The Balaban J connectivity index is 1.87. The zero-order valence-electron chi connectivity index (χ0n) is 11.1. The second-order valence-electron chi connectivity index (χ2n) is 5.23. The van der Waals surface area contributed by atoms with Crippen LogP contribution in [0.2, 0.25) is 0 Å². The van der Waals surface area contributed by atoms with Crippen LogP contribution in [0.25, 0.3) is 0 Å². The number of ether oxygens (including phenoxy) is 1. The Morgan fingerprint density at radius 1 is 1.50 bits per heavy atom. The lowest BCUT2D eigenvalue weighted by Crippen LogP contribution is -2.34. The van der Waals surface area contributed by atoms with Gasteiger partial charge in [-0.3, -0.25) is 0 Å². The van der Waals surface area contributed by atoms with Gasteiger partial charge in [-0.05, 0) is 37.8 Å². The summed E-state index contributed by atoms with van der Waals surface area (Å²) in [5.74, 6) is 3.44. The number of hydrogen-bond acceptors (Lipinski definition) is 4. The van der Waals surface area contributed by atoms with Crippen molar-refractivity contribution in [3.63, 3.8) is 0 Å². The molecule has 2 aliphatic heterocycles. The van der Waals surface area contributed by atoms with Crippen molar-refractivity contribution >= 4 is 5.82 Å². The van der Waals surface area contributed by atoms with E-state index in [-0.39, 0.29) is 0 Å². The van der Waals surface area contributed by atoms with E-state index in [1.54, 1.807) is 0 Å². The Hall–Kier alpha value is -1.29. The molecule has 3 heterocycles. The smallest absolute Gasteiger partial charge is 0.171 e. The van der Waals surface area contributed by atoms with E-state index >= 15 is 0 Å². The first-order valence-electron chi connectivity index (χ1n) is 6.86. The fraction of sp³-hybridized carbons (Fsp3) is 0.643. The number of nitrogens with one attached hydrogen (secondary N) is 1. The van der Waals surface area contributed by atoms with Crippen LogP contribution in [0.4, 0.5) is 5.82 Å². The van der Waals surface area contributed by atoms with Crippen LogP contribution in [-0.2, 0) is 0 Å². The molecule has 3 rings (SSSR count). The average Bonchev–Trinajstić information content (AvgIpc) is 2.94. The first kappa shape index (κ1) is 11.8. The van der Waals surface area contributed by atoms with Gasteiger partial charge in [0.2, 0.25) is 0 Å². The van der Waals surface area contributed by atoms with Gasteiger partial charge in [-0.2, -0.15) is 0 Å². The summed E-state index contributed by atoms with van der Waals surface area (Å²) in [5, 5.41) is 3.49. The van der Waals surface area contributed by atoms with Crippen LogP contribution >= 0.6 is 0 Å². The molecule has 1 aromatic rings. The molecule has 4 nitrogen and oxygen atoms in total. The van der Waals surface area contributed by atoms with Gasteiger partial charge in [0.1, 0.15) is 0 Å². The third kappa shape index (κ3) is 1.85. The quantitative estimate of drug-likeness (QED) is 0.879.